The first kappa shape index (κ1) is 13.5. The van der Waals surface area contributed by atoms with Gasteiger partial charge in [0.1, 0.15) is 0 Å². The Morgan fingerprint density at radius 1 is 1.39 bits per heavy atom. The molecule has 2 rings (SSSR count). The van der Waals surface area contributed by atoms with E-state index < -0.39 is 0 Å². The number of morpholine rings is 1. The minimum atomic E-state index is 0.891. The van der Waals surface area contributed by atoms with E-state index in [4.69, 9.17) is 4.74 Å². The SMILES string of the molecule is Cc1c(CNCCCN2CCOCC2)cnn1C. The van der Waals surface area contributed by atoms with Crippen molar-refractivity contribution in [2.75, 3.05) is 39.4 Å². The number of rotatable bonds is 6. The lowest BCUT2D eigenvalue weighted by atomic mass is 10.2. The van der Waals surface area contributed by atoms with Gasteiger partial charge in [-0.2, -0.15) is 5.10 Å². The number of hydrogen-bond donors (Lipinski definition) is 1. The highest BCUT2D eigenvalue weighted by atomic mass is 16.5. The fourth-order valence-corrected chi connectivity index (χ4v) is 2.19. The zero-order valence-electron chi connectivity index (χ0n) is 11.5. The van der Waals surface area contributed by atoms with Gasteiger partial charge in [-0.25, -0.2) is 0 Å². The Morgan fingerprint density at radius 2 is 2.17 bits per heavy atom. The summed E-state index contributed by atoms with van der Waals surface area (Å²) >= 11 is 0. The molecule has 1 aliphatic heterocycles. The molecule has 5 heteroatoms. The van der Waals surface area contributed by atoms with Crippen LogP contribution in [0.1, 0.15) is 17.7 Å². The normalized spacial score (nSPS) is 17.2. The summed E-state index contributed by atoms with van der Waals surface area (Å²) in [5.74, 6) is 0. The van der Waals surface area contributed by atoms with E-state index >= 15 is 0 Å². The van der Waals surface area contributed by atoms with Gasteiger partial charge in [0.05, 0.1) is 19.4 Å². The first-order chi connectivity index (χ1) is 8.77. The highest BCUT2D eigenvalue weighted by Crippen LogP contribution is 2.04. The molecule has 0 unspecified atom stereocenters. The van der Waals surface area contributed by atoms with Crippen molar-refractivity contribution in [1.82, 2.24) is 20.0 Å². The molecule has 0 radical (unpaired) electrons. The van der Waals surface area contributed by atoms with Gasteiger partial charge in [0.25, 0.3) is 0 Å². The van der Waals surface area contributed by atoms with Gasteiger partial charge in [-0.15, -0.1) is 0 Å². The number of nitrogens with one attached hydrogen (secondary N) is 1. The molecule has 102 valence electrons. The Balaban J connectivity index is 1.57. The Labute approximate surface area is 109 Å². The molecule has 5 nitrogen and oxygen atoms in total. The van der Waals surface area contributed by atoms with Crippen LogP contribution in [-0.4, -0.2) is 54.1 Å². The van der Waals surface area contributed by atoms with Crippen molar-refractivity contribution >= 4 is 0 Å². The van der Waals surface area contributed by atoms with Crippen molar-refractivity contribution in [2.45, 2.75) is 19.9 Å². The Bertz CT molecular complexity index is 358. The molecule has 1 saturated heterocycles. The molecule has 1 fully saturated rings. The minimum absolute atomic E-state index is 0.891. The summed E-state index contributed by atoms with van der Waals surface area (Å²) in [4.78, 5) is 2.47. The van der Waals surface area contributed by atoms with Gasteiger partial charge in [-0.3, -0.25) is 9.58 Å². The van der Waals surface area contributed by atoms with Crippen LogP contribution in [-0.2, 0) is 18.3 Å². The van der Waals surface area contributed by atoms with Crippen LogP contribution in [0.2, 0.25) is 0 Å². The fraction of sp³-hybridized carbons (Fsp3) is 0.769. The van der Waals surface area contributed by atoms with Crippen LogP contribution in [0.15, 0.2) is 6.20 Å². The number of nitrogens with zero attached hydrogens (tertiary/aromatic N) is 3. The predicted molar refractivity (Wildman–Crippen MR) is 71.5 cm³/mol. The number of ether oxygens (including phenoxy) is 1. The number of hydrogen-bond acceptors (Lipinski definition) is 4. The van der Waals surface area contributed by atoms with E-state index in [2.05, 4.69) is 22.2 Å². The summed E-state index contributed by atoms with van der Waals surface area (Å²) in [5, 5.41) is 7.73. The number of aryl methyl sites for hydroxylation is 1. The van der Waals surface area contributed by atoms with Crippen molar-refractivity contribution in [3.05, 3.63) is 17.5 Å². The van der Waals surface area contributed by atoms with E-state index in [9.17, 15) is 0 Å². The molecule has 0 amide bonds. The lowest BCUT2D eigenvalue weighted by molar-refractivity contribution is 0.0374. The van der Waals surface area contributed by atoms with Crippen molar-refractivity contribution in [2.24, 2.45) is 7.05 Å². The Morgan fingerprint density at radius 3 is 2.83 bits per heavy atom. The van der Waals surface area contributed by atoms with E-state index in [0.717, 1.165) is 39.4 Å². The average Bonchev–Trinajstić information content (AvgIpc) is 2.71. The van der Waals surface area contributed by atoms with Crippen LogP contribution in [0.4, 0.5) is 0 Å². The summed E-state index contributed by atoms with van der Waals surface area (Å²) in [6, 6.07) is 0. The minimum Gasteiger partial charge on any atom is -0.379 e. The highest BCUT2D eigenvalue weighted by Gasteiger charge is 2.09. The topological polar surface area (TPSA) is 42.3 Å². The highest BCUT2D eigenvalue weighted by molar-refractivity contribution is 5.15. The van der Waals surface area contributed by atoms with Crippen LogP contribution < -0.4 is 5.32 Å². The maximum absolute atomic E-state index is 5.33. The number of aromatic nitrogens is 2. The largest absolute Gasteiger partial charge is 0.379 e. The van der Waals surface area contributed by atoms with Gasteiger partial charge in [-0.1, -0.05) is 0 Å². The lowest BCUT2D eigenvalue weighted by Crippen LogP contribution is -2.37. The van der Waals surface area contributed by atoms with Gasteiger partial charge in [0.2, 0.25) is 0 Å². The first-order valence-electron chi connectivity index (χ1n) is 6.75. The fourth-order valence-electron chi connectivity index (χ4n) is 2.19. The molecule has 0 aliphatic carbocycles. The van der Waals surface area contributed by atoms with Crippen molar-refractivity contribution < 1.29 is 4.74 Å². The van der Waals surface area contributed by atoms with E-state index in [0.29, 0.717) is 0 Å². The molecule has 1 aromatic rings. The second kappa shape index (κ2) is 6.87. The van der Waals surface area contributed by atoms with Crippen molar-refractivity contribution in [1.29, 1.82) is 0 Å². The van der Waals surface area contributed by atoms with E-state index in [1.807, 2.05) is 17.9 Å². The Hall–Kier alpha value is -0.910. The molecule has 0 bridgehead atoms. The lowest BCUT2D eigenvalue weighted by Gasteiger charge is -2.26. The summed E-state index contributed by atoms with van der Waals surface area (Å²) in [6.45, 7) is 9.21. The van der Waals surface area contributed by atoms with Crippen LogP contribution in [0.3, 0.4) is 0 Å². The second-order valence-corrected chi connectivity index (χ2v) is 4.86. The monoisotopic (exact) mass is 252 g/mol. The molecule has 1 aliphatic rings. The third-order valence-corrected chi connectivity index (χ3v) is 3.58. The summed E-state index contributed by atoms with van der Waals surface area (Å²) in [5.41, 5.74) is 2.54. The summed E-state index contributed by atoms with van der Waals surface area (Å²) < 4.78 is 7.26. The first-order valence-corrected chi connectivity index (χ1v) is 6.75. The van der Waals surface area contributed by atoms with E-state index in [-0.39, 0.29) is 0 Å². The molecule has 1 aromatic heterocycles. The van der Waals surface area contributed by atoms with Crippen molar-refractivity contribution in [3.63, 3.8) is 0 Å². The van der Waals surface area contributed by atoms with Crippen LogP contribution >= 0.6 is 0 Å². The van der Waals surface area contributed by atoms with E-state index in [1.165, 1.54) is 24.2 Å². The summed E-state index contributed by atoms with van der Waals surface area (Å²) in [6.07, 6.45) is 3.14. The molecule has 0 spiro atoms. The maximum atomic E-state index is 5.33. The maximum Gasteiger partial charge on any atom is 0.0594 e. The zero-order valence-corrected chi connectivity index (χ0v) is 11.5. The van der Waals surface area contributed by atoms with Crippen molar-refractivity contribution in [3.8, 4) is 0 Å². The molecule has 1 N–H and O–H groups in total. The molecule has 2 heterocycles. The van der Waals surface area contributed by atoms with Crippen LogP contribution in [0.25, 0.3) is 0 Å². The third-order valence-electron chi connectivity index (χ3n) is 3.58. The van der Waals surface area contributed by atoms with Gasteiger partial charge >= 0.3 is 0 Å². The molecular weight excluding hydrogens is 228 g/mol. The predicted octanol–water partition coefficient (Wildman–Crippen LogP) is 0.540. The van der Waals surface area contributed by atoms with Gasteiger partial charge in [-0.05, 0) is 26.4 Å². The quantitative estimate of drug-likeness (QED) is 0.751. The van der Waals surface area contributed by atoms with Gasteiger partial charge in [0.15, 0.2) is 0 Å². The standard InChI is InChI=1S/C13H24N4O/c1-12-13(11-15-16(12)2)10-14-4-3-5-17-6-8-18-9-7-17/h11,14H,3-10H2,1-2H3. The molecule has 18 heavy (non-hydrogen) atoms. The Kier molecular flexibility index (Phi) is 5.16. The molecule has 0 aromatic carbocycles. The van der Waals surface area contributed by atoms with Gasteiger partial charge in [0, 0.05) is 37.9 Å². The summed E-state index contributed by atoms with van der Waals surface area (Å²) in [7, 11) is 1.98. The smallest absolute Gasteiger partial charge is 0.0594 e. The molecule has 0 atom stereocenters. The van der Waals surface area contributed by atoms with Gasteiger partial charge < -0.3 is 10.1 Å². The van der Waals surface area contributed by atoms with Crippen LogP contribution in [0, 0.1) is 6.92 Å². The average molecular weight is 252 g/mol. The molecule has 0 saturated carbocycles. The molecular formula is C13H24N4O. The van der Waals surface area contributed by atoms with Crippen LogP contribution in [0.5, 0.6) is 0 Å². The second-order valence-electron chi connectivity index (χ2n) is 4.86. The van der Waals surface area contributed by atoms with E-state index in [1.54, 1.807) is 0 Å². The third kappa shape index (κ3) is 3.80. The zero-order chi connectivity index (χ0) is 12.8.